The summed E-state index contributed by atoms with van der Waals surface area (Å²) in [5.74, 6) is 0. The second kappa shape index (κ2) is 12.0. The highest BCUT2D eigenvalue weighted by molar-refractivity contribution is 6.04. The minimum Gasteiger partial charge on any atom is -0.340 e. The number of aryl methyl sites for hydroxylation is 3. The third-order valence-corrected chi connectivity index (χ3v) is 8.00. The molecule has 3 heteroatoms. The molecule has 0 aromatic heterocycles. The number of likely N-dealkylation sites (N-methyl/N-ethyl adjacent to an activating group) is 1. The second-order valence-corrected chi connectivity index (χ2v) is 10.9. The number of hydrogen-bond donors (Lipinski definition) is 0. The van der Waals surface area contributed by atoms with Crippen LogP contribution in [0.2, 0.25) is 0 Å². The van der Waals surface area contributed by atoms with E-state index >= 15 is 0 Å². The van der Waals surface area contributed by atoms with Crippen molar-refractivity contribution < 1.29 is 4.58 Å². The molecule has 0 saturated heterocycles. The van der Waals surface area contributed by atoms with Crippen LogP contribution in [0.4, 0.5) is 11.4 Å². The maximum Gasteiger partial charge on any atom is 0.199 e. The molecule has 0 bridgehead atoms. The standard InChI is InChI=1S/C36H42N3/c1-6-38(7-2)33-21-18-30(19-22-33)36(29-14-12-27(3)13-15-29)32-20-23-35-31(26-32)17-16-28-10-8-9-11-34(28)39(35)25-24-37(4)5/h8-15,18-23,26H,6-7,16-17,24-25H2,1-5H3/q+1. The average molecular weight is 517 g/mol. The van der Waals surface area contributed by atoms with E-state index in [1.54, 1.807) is 0 Å². The molecule has 1 aliphatic heterocycles. The van der Waals surface area contributed by atoms with Crippen LogP contribution in [0.1, 0.15) is 41.7 Å². The van der Waals surface area contributed by atoms with Crippen molar-refractivity contribution in [1.82, 2.24) is 4.90 Å². The van der Waals surface area contributed by atoms with Crippen molar-refractivity contribution in [3.8, 4) is 0 Å². The van der Waals surface area contributed by atoms with Crippen molar-refractivity contribution in [3.05, 3.63) is 124 Å². The fourth-order valence-corrected chi connectivity index (χ4v) is 5.78. The number of hydrogen-bond acceptors (Lipinski definition) is 2. The van der Waals surface area contributed by atoms with Gasteiger partial charge >= 0.3 is 0 Å². The SMILES string of the molecule is CC[N+](CC)=C1C=CC(=C(c2ccc(C)cc2)c2ccc3c(c2)CCc2ccccc2N3CCN(C)C)C=C1. The van der Waals surface area contributed by atoms with Gasteiger partial charge in [-0.25, -0.2) is 4.58 Å². The molecule has 0 N–H and O–H groups in total. The van der Waals surface area contributed by atoms with Crippen LogP contribution in [-0.2, 0) is 12.8 Å². The summed E-state index contributed by atoms with van der Waals surface area (Å²) in [6.07, 6.45) is 11.3. The van der Waals surface area contributed by atoms with E-state index < -0.39 is 0 Å². The second-order valence-electron chi connectivity index (χ2n) is 10.9. The summed E-state index contributed by atoms with van der Waals surface area (Å²) in [5, 5.41) is 0. The summed E-state index contributed by atoms with van der Waals surface area (Å²) in [6.45, 7) is 10.6. The summed E-state index contributed by atoms with van der Waals surface area (Å²) in [7, 11) is 4.31. The van der Waals surface area contributed by atoms with Gasteiger partial charge in [0.1, 0.15) is 13.1 Å². The molecule has 0 saturated carbocycles. The average Bonchev–Trinajstić information content (AvgIpc) is 3.11. The minimum atomic E-state index is 0.970. The van der Waals surface area contributed by atoms with Gasteiger partial charge in [0.05, 0.1) is 0 Å². The summed E-state index contributed by atoms with van der Waals surface area (Å²) < 4.78 is 2.40. The Morgan fingerprint density at radius 2 is 1.41 bits per heavy atom. The third-order valence-electron chi connectivity index (χ3n) is 8.00. The maximum absolute atomic E-state index is 2.53. The van der Waals surface area contributed by atoms with E-state index in [1.165, 1.54) is 56.0 Å². The number of rotatable bonds is 7. The van der Waals surface area contributed by atoms with Gasteiger partial charge in [0.2, 0.25) is 0 Å². The predicted molar refractivity (Wildman–Crippen MR) is 168 cm³/mol. The molecular formula is C36H42N3+. The molecule has 2 aliphatic rings. The van der Waals surface area contributed by atoms with Crippen LogP contribution in [0.25, 0.3) is 5.57 Å². The zero-order valence-corrected chi connectivity index (χ0v) is 24.2. The Morgan fingerprint density at radius 1 is 0.769 bits per heavy atom. The smallest absolute Gasteiger partial charge is 0.199 e. The van der Waals surface area contributed by atoms with Crippen LogP contribution in [0, 0.1) is 6.92 Å². The largest absolute Gasteiger partial charge is 0.340 e. The Hall–Kier alpha value is -3.69. The summed E-state index contributed by atoms with van der Waals surface area (Å²) in [6, 6.07) is 25.1. The van der Waals surface area contributed by atoms with Gasteiger partial charge < -0.3 is 9.80 Å². The molecule has 1 aliphatic carbocycles. The summed E-state index contributed by atoms with van der Waals surface area (Å²) >= 11 is 0. The first-order valence-corrected chi connectivity index (χ1v) is 14.4. The lowest BCUT2D eigenvalue weighted by Crippen LogP contribution is -2.28. The van der Waals surface area contributed by atoms with Gasteiger partial charge in [0.15, 0.2) is 5.71 Å². The minimum absolute atomic E-state index is 0.970. The Morgan fingerprint density at radius 3 is 2.10 bits per heavy atom. The van der Waals surface area contributed by atoms with E-state index in [0.29, 0.717) is 0 Å². The number of fused-ring (bicyclic) bond motifs is 2. The lowest BCUT2D eigenvalue weighted by molar-refractivity contribution is -0.519. The Kier molecular flexibility index (Phi) is 8.28. The molecule has 39 heavy (non-hydrogen) atoms. The Labute approximate surface area is 235 Å². The first-order valence-electron chi connectivity index (χ1n) is 14.4. The van der Waals surface area contributed by atoms with Crippen molar-refractivity contribution in [2.45, 2.75) is 33.6 Å². The topological polar surface area (TPSA) is 9.49 Å². The number of allylic oxidation sites excluding steroid dienone is 5. The molecular weight excluding hydrogens is 474 g/mol. The first kappa shape index (κ1) is 26.9. The number of anilines is 2. The molecule has 1 heterocycles. The molecule has 0 atom stereocenters. The first-order chi connectivity index (χ1) is 19.0. The Balaban J connectivity index is 1.62. The van der Waals surface area contributed by atoms with Crippen LogP contribution in [-0.4, -0.2) is 55.5 Å². The monoisotopic (exact) mass is 516 g/mol. The molecule has 3 nitrogen and oxygen atoms in total. The molecule has 3 aromatic rings. The molecule has 0 unspecified atom stereocenters. The summed E-state index contributed by atoms with van der Waals surface area (Å²) in [5.41, 5.74) is 13.2. The zero-order valence-electron chi connectivity index (χ0n) is 24.2. The highest BCUT2D eigenvalue weighted by Gasteiger charge is 2.22. The van der Waals surface area contributed by atoms with Gasteiger partial charge in [-0.05, 0) is 111 Å². The zero-order chi connectivity index (χ0) is 27.4. The van der Waals surface area contributed by atoms with Gasteiger partial charge in [-0.2, -0.15) is 0 Å². The van der Waals surface area contributed by atoms with E-state index in [-0.39, 0.29) is 0 Å². The molecule has 0 spiro atoms. The van der Waals surface area contributed by atoms with Gasteiger partial charge in [0.25, 0.3) is 0 Å². The van der Waals surface area contributed by atoms with E-state index in [9.17, 15) is 0 Å². The molecule has 0 fully saturated rings. The lowest BCUT2D eigenvalue weighted by Gasteiger charge is -2.28. The van der Waals surface area contributed by atoms with Crippen LogP contribution in [0.3, 0.4) is 0 Å². The van der Waals surface area contributed by atoms with Crippen LogP contribution >= 0.6 is 0 Å². The van der Waals surface area contributed by atoms with Gasteiger partial charge in [-0.1, -0.05) is 54.1 Å². The van der Waals surface area contributed by atoms with E-state index in [0.717, 1.165) is 39.0 Å². The highest BCUT2D eigenvalue weighted by atomic mass is 15.2. The van der Waals surface area contributed by atoms with E-state index in [2.05, 4.69) is 140 Å². The van der Waals surface area contributed by atoms with Crippen molar-refractivity contribution in [2.75, 3.05) is 45.2 Å². The van der Waals surface area contributed by atoms with Crippen molar-refractivity contribution in [1.29, 1.82) is 0 Å². The van der Waals surface area contributed by atoms with Gasteiger partial charge in [-0.3, -0.25) is 0 Å². The fraction of sp³-hybridized carbons (Fsp3) is 0.306. The fourth-order valence-electron chi connectivity index (χ4n) is 5.78. The van der Waals surface area contributed by atoms with Crippen LogP contribution in [0.15, 0.2) is 96.6 Å². The number of benzene rings is 3. The van der Waals surface area contributed by atoms with Crippen molar-refractivity contribution >= 4 is 22.7 Å². The van der Waals surface area contributed by atoms with E-state index in [4.69, 9.17) is 0 Å². The molecule has 0 radical (unpaired) electrons. The predicted octanol–water partition coefficient (Wildman–Crippen LogP) is 7.21. The normalized spacial score (nSPS) is 14.4. The number of para-hydroxylation sites is 1. The molecule has 5 rings (SSSR count). The molecule has 200 valence electrons. The van der Waals surface area contributed by atoms with Gasteiger partial charge in [-0.15, -0.1) is 0 Å². The quantitative estimate of drug-likeness (QED) is 0.307. The maximum atomic E-state index is 2.53. The summed E-state index contributed by atoms with van der Waals surface area (Å²) in [4.78, 5) is 4.80. The Bertz CT molecular complexity index is 1430. The molecule has 0 amide bonds. The number of nitrogens with zero attached hydrogens (tertiary/aromatic N) is 3. The van der Waals surface area contributed by atoms with Crippen LogP contribution < -0.4 is 4.90 Å². The van der Waals surface area contributed by atoms with Crippen molar-refractivity contribution in [3.63, 3.8) is 0 Å². The van der Waals surface area contributed by atoms with E-state index in [1.807, 2.05) is 0 Å². The third kappa shape index (κ3) is 5.84. The lowest BCUT2D eigenvalue weighted by atomic mass is 9.88. The van der Waals surface area contributed by atoms with Crippen molar-refractivity contribution in [2.24, 2.45) is 0 Å². The highest BCUT2D eigenvalue weighted by Crippen LogP contribution is 2.39. The molecule has 3 aromatic carbocycles. The van der Waals surface area contributed by atoms with Crippen LogP contribution in [0.5, 0.6) is 0 Å². The van der Waals surface area contributed by atoms with Gasteiger partial charge in [0, 0.05) is 36.6 Å².